The van der Waals surface area contributed by atoms with Gasteiger partial charge in [0.05, 0.1) is 21.9 Å². The van der Waals surface area contributed by atoms with Gasteiger partial charge in [0.1, 0.15) is 12.1 Å². The van der Waals surface area contributed by atoms with Gasteiger partial charge in [0, 0.05) is 0 Å². The Kier molecular flexibility index (Phi) is 13.5. The number of aliphatic carboxylic acids is 2. The average Bonchev–Trinajstić information content (AvgIpc) is 3.81. The maximum atomic E-state index is 15.2. The Morgan fingerprint density at radius 2 is 0.793 bits per heavy atom. The largest absolute Gasteiger partial charge is 0.480 e. The molecule has 0 unspecified atom stereocenters. The molecule has 0 aliphatic carbocycles. The van der Waals surface area contributed by atoms with Crippen LogP contribution in [0.2, 0.25) is 0 Å². The topological polar surface area (TPSA) is 149 Å². The van der Waals surface area contributed by atoms with Gasteiger partial charge >= 0.3 is 11.9 Å². The van der Waals surface area contributed by atoms with Gasteiger partial charge < -0.3 is 10.2 Å². The molecule has 2 aliphatic heterocycles. The minimum atomic E-state index is -4.41. The van der Waals surface area contributed by atoms with E-state index in [0.29, 0.717) is 33.4 Å². The van der Waals surface area contributed by atoms with Crippen molar-refractivity contribution >= 4 is 32.0 Å². The summed E-state index contributed by atoms with van der Waals surface area (Å²) in [7, 11) is -8.83. The van der Waals surface area contributed by atoms with Gasteiger partial charge in [-0.1, -0.05) is 132 Å². The molecule has 0 saturated carbocycles. The number of carboxylic acids is 2. The normalized spacial score (nSPS) is 21.1. The van der Waals surface area contributed by atoms with Crippen molar-refractivity contribution in [1.82, 2.24) is 8.61 Å². The first-order valence-electron chi connectivity index (χ1n) is 20.9. The second-order valence-corrected chi connectivity index (χ2v) is 21.8. The molecular formula is C46H64N2O8S2. The number of sulfonamides is 2. The first-order chi connectivity index (χ1) is 26.9. The molecule has 3 aromatic carbocycles. The summed E-state index contributed by atoms with van der Waals surface area (Å²) in [5, 5.41) is 21.0. The molecule has 5 rings (SSSR count). The summed E-state index contributed by atoms with van der Waals surface area (Å²) < 4.78 is 63.2. The lowest BCUT2D eigenvalue weighted by Gasteiger charge is -2.33. The third-order valence-corrected chi connectivity index (χ3v) is 16.2. The zero-order valence-corrected chi connectivity index (χ0v) is 37.9. The molecule has 2 fully saturated rings. The fourth-order valence-corrected chi connectivity index (χ4v) is 13.9. The van der Waals surface area contributed by atoms with Crippen LogP contribution >= 0.6 is 0 Å². The molecule has 58 heavy (non-hydrogen) atoms. The van der Waals surface area contributed by atoms with Crippen LogP contribution in [0, 0.1) is 0 Å². The molecule has 0 radical (unpaired) electrons. The highest BCUT2D eigenvalue weighted by Crippen LogP contribution is 2.48. The van der Waals surface area contributed by atoms with E-state index >= 15 is 16.8 Å². The molecule has 0 amide bonds. The van der Waals surface area contributed by atoms with E-state index in [0.717, 1.165) is 11.1 Å². The molecule has 2 saturated heterocycles. The van der Waals surface area contributed by atoms with Crippen molar-refractivity contribution < 1.29 is 36.6 Å². The minimum absolute atomic E-state index is 0.0922. The summed E-state index contributed by atoms with van der Waals surface area (Å²) in [6.45, 7) is 23.8. The number of carbonyl (C=O) groups is 2. The van der Waals surface area contributed by atoms with Crippen molar-refractivity contribution in [3.05, 3.63) is 93.0 Å². The lowest BCUT2D eigenvalue weighted by atomic mass is 9.89. The van der Waals surface area contributed by atoms with E-state index in [9.17, 15) is 19.8 Å². The molecule has 0 aromatic heterocycles. The molecular weight excluding hydrogens is 773 g/mol. The highest BCUT2D eigenvalue weighted by Gasteiger charge is 2.50. The molecule has 4 atom stereocenters. The van der Waals surface area contributed by atoms with Crippen LogP contribution in [0.1, 0.15) is 201 Å². The van der Waals surface area contributed by atoms with Crippen LogP contribution in [0.25, 0.3) is 0 Å². The second kappa shape index (κ2) is 17.2. The summed E-state index contributed by atoms with van der Waals surface area (Å²) in [6, 6.07) is 10.4. The van der Waals surface area contributed by atoms with Crippen LogP contribution in [0.15, 0.2) is 58.3 Å². The van der Waals surface area contributed by atoms with Gasteiger partial charge in [0.25, 0.3) is 0 Å². The van der Waals surface area contributed by atoms with Crippen molar-refractivity contribution in [3.8, 4) is 0 Å². The Morgan fingerprint density at radius 3 is 1.03 bits per heavy atom. The summed E-state index contributed by atoms with van der Waals surface area (Å²) >= 11 is 0. The Labute approximate surface area is 347 Å². The number of rotatable bonds is 14. The molecule has 2 N–H and O–H groups in total. The van der Waals surface area contributed by atoms with E-state index in [2.05, 4.69) is 27.7 Å². The van der Waals surface area contributed by atoms with Gasteiger partial charge in [-0.05, 0) is 106 Å². The van der Waals surface area contributed by atoms with Gasteiger partial charge in [0.15, 0.2) is 0 Å². The van der Waals surface area contributed by atoms with E-state index in [1.807, 2.05) is 79.7 Å². The lowest BCUT2D eigenvalue weighted by molar-refractivity contribution is -0.141. The molecule has 12 heteroatoms. The second-order valence-electron chi connectivity index (χ2n) is 18.2. The molecule has 3 aromatic rings. The lowest BCUT2D eigenvalue weighted by Crippen LogP contribution is -2.43. The predicted octanol–water partition coefficient (Wildman–Crippen LogP) is 10.4. The van der Waals surface area contributed by atoms with E-state index in [1.54, 1.807) is 24.3 Å². The van der Waals surface area contributed by atoms with E-state index in [-0.39, 0.29) is 71.0 Å². The van der Waals surface area contributed by atoms with Crippen molar-refractivity contribution in [3.63, 3.8) is 0 Å². The SMILES string of the molecule is CC(C)c1cc(C(C)C)c(S(=O)(=O)N2[C@@H](C(=O)O)CC[C@H]2c2cccc([C@@H]3CC[C@H](C(=O)O)N3S(=O)(=O)c3c(C(C)C)cc(C(C)C)cc3C(C)C)c2)c(C(C)C)c1. The fourth-order valence-electron chi connectivity index (χ4n) is 8.90. The van der Waals surface area contributed by atoms with Gasteiger partial charge in [-0.25, -0.2) is 16.8 Å². The Morgan fingerprint density at radius 1 is 0.500 bits per heavy atom. The molecule has 0 spiro atoms. The van der Waals surface area contributed by atoms with Crippen molar-refractivity contribution in [2.45, 2.75) is 178 Å². The van der Waals surface area contributed by atoms with Crippen LogP contribution in [-0.2, 0) is 29.6 Å². The standard InChI is InChI=1S/C46H64N2O8S2/c1-25(2)33-21-35(27(5)6)43(36(22-33)28(7)8)57(53,54)47-39(16-18-41(47)45(49)50)31-14-13-15-32(20-31)40-17-19-42(46(51)52)48(40)58(55,56)44-37(29(9)10)23-34(26(3)4)24-38(44)30(11)12/h13-15,20-30,39-42H,16-19H2,1-12H3,(H,49,50)(H,51,52)/t39-,40-,41+,42+/m0/s1. The quantitative estimate of drug-likeness (QED) is 0.163. The summed E-state index contributed by atoms with van der Waals surface area (Å²) in [5.74, 6) is -2.84. The Balaban J connectivity index is 1.69. The van der Waals surface area contributed by atoms with Crippen LogP contribution in [-0.4, -0.2) is 59.7 Å². The van der Waals surface area contributed by atoms with Gasteiger partial charge in [-0.3, -0.25) is 9.59 Å². The van der Waals surface area contributed by atoms with Crippen LogP contribution in [0.3, 0.4) is 0 Å². The predicted molar refractivity (Wildman–Crippen MR) is 229 cm³/mol. The Hall–Kier alpha value is -3.58. The van der Waals surface area contributed by atoms with Gasteiger partial charge in [-0.2, -0.15) is 8.61 Å². The van der Waals surface area contributed by atoms with Gasteiger partial charge in [0.2, 0.25) is 20.0 Å². The number of benzene rings is 3. The summed E-state index contributed by atoms with van der Waals surface area (Å²) in [4.78, 5) is 26.1. The highest BCUT2D eigenvalue weighted by atomic mass is 32.2. The maximum Gasteiger partial charge on any atom is 0.322 e. The molecule has 2 heterocycles. The summed E-state index contributed by atoms with van der Waals surface area (Å²) in [6.07, 6.45) is 0.656. The van der Waals surface area contributed by atoms with Crippen molar-refractivity contribution in [2.75, 3.05) is 0 Å². The smallest absolute Gasteiger partial charge is 0.322 e. The molecule has 0 bridgehead atoms. The first-order valence-corrected chi connectivity index (χ1v) is 23.8. The molecule has 318 valence electrons. The fraction of sp³-hybridized carbons (Fsp3) is 0.565. The maximum absolute atomic E-state index is 15.2. The number of hydrogen-bond donors (Lipinski definition) is 2. The first kappa shape index (κ1) is 45.5. The number of carboxylic acid groups (broad SMARTS) is 2. The molecule has 2 aliphatic rings. The van der Waals surface area contributed by atoms with E-state index in [4.69, 9.17) is 0 Å². The number of nitrogens with zero attached hydrogens (tertiary/aromatic N) is 2. The van der Waals surface area contributed by atoms with E-state index < -0.39 is 56.2 Å². The molecule has 10 nitrogen and oxygen atoms in total. The monoisotopic (exact) mass is 836 g/mol. The summed E-state index contributed by atoms with van der Waals surface area (Å²) in [5.41, 5.74) is 5.67. The number of hydrogen-bond acceptors (Lipinski definition) is 6. The third-order valence-electron chi connectivity index (χ3n) is 12.1. The van der Waals surface area contributed by atoms with Crippen LogP contribution < -0.4 is 0 Å². The van der Waals surface area contributed by atoms with E-state index in [1.165, 1.54) is 8.61 Å². The highest BCUT2D eigenvalue weighted by molar-refractivity contribution is 7.89. The zero-order valence-electron chi connectivity index (χ0n) is 36.3. The zero-order chi connectivity index (χ0) is 43.3. The van der Waals surface area contributed by atoms with Gasteiger partial charge in [-0.15, -0.1) is 0 Å². The Bertz CT molecular complexity index is 2050. The minimum Gasteiger partial charge on any atom is -0.480 e. The van der Waals surface area contributed by atoms with Crippen LogP contribution in [0.4, 0.5) is 0 Å². The van der Waals surface area contributed by atoms with Crippen molar-refractivity contribution in [2.24, 2.45) is 0 Å². The third kappa shape index (κ3) is 8.40. The van der Waals surface area contributed by atoms with Crippen molar-refractivity contribution in [1.29, 1.82) is 0 Å². The van der Waals surface area contributed by atoms with Crippen LogP contribution in [0.5, 0.6) is 0 Å². The average molecular weight is 837 g/mol.